The summed E-state index contributed by atoms with van der Waals surface area (Å²) in [5, 5.41) is 9.85. The first-order valence-electron chi connectivity index (χ1n) is 9.78. The highest BCUT2D eigenvalue weighted by molar-refractivity contribution is 5.68. The number of aliphatic hydroxyl groups is 1. The van der Waals surface area contributed by atoms with E-state index in [1.807, 2.05) is 55.5 Å². The summed E-state index contributed by atoms with van der Waals surface area (Å²) >= 11 is 0. The van der Waals surface area contributed by atoms with Crippen molar-refractivity contribution in [3.05, 3.63) is 81.3 Å². The fourth-order valence-corrected chi connectivity index (χ4v) is 3.88. The van der Waals surface area contributed by atoms with E-state index in [9.17, 15) is 9.90 Å². The molecular formula is C24H25NO3. The van der Waals surface area contributed by atoms with Crippen molar-refractivity contribution in [1.82, 2.24) is 4.98 Å². The Labute approximate surface area is 164 Å². The molecule has 0 saturated heterocycles. The minimum atomic E-state index is -0.187. The minimum absolute atomic E-state index is 0.0388. The van der Waals surface area contributed by atoms with Gasteiger partial charge in [0.15, 0.2) is 5.43 Å². The Bertz CT molecular complexity index is 1030. The maximum Gasteiger partial charge on any atom is 0.193 e. The Morgan fingerprint density at radius 3 is 2.36 bits per heavy atom. The third kappa shape index (κ3) is 3.60. The van der Waals surface area contributed by atoms with E-state index in [-0.39, 0.29) is 12.0 Å². The van der Waals surface area contributed by atoms with Gasteiger partial charge in [0.1, 0.15) is 11.5 Å². The van der Waals surface area contributed by atoms with Crippen molar-refractivity contribution in [2.24, 2.45) is 5.92 Å². The molecule has 0 fully saturated rings. The van der Waals surface area contributed by atoms with E-state index in [4.69, 9.17) is 4.74 Å². The summed E-state index contributed by atoms with van der Waals surface area (Å²) in [6.45, 7) is 4.04. The van der Waals surface area contributed by atoms with Crippen molar-refractivity contribution in [3.8, 4) is 22.6 Å². The molecule has 4 rings (SSSR count). The smallest absolute Gasteiger partial charge is 0.193 e. The normalized spacial score (nSPS) is 15.9. The number of ether oxygens (including phenoxy) is 1. The first-order valence-corrected chi connectivity index (χ1v) is 9.78. The molecule has 1 heterocycles. The van der Waals surface area contributed by atoms with Gasteiger partial charge in [0.2, 0.25) is 0 Å². The van der Waals surface area contributed by atoms with Crippen LogP contribution in [0.5, 0.6) is 11.5 Å². The zero-order valence-corrected chi connectivity index (χ0v) is 16.3. The Kier molecular flexibility index (Phi) is 5.05. The third-order valence-corrected chi connectivity index (χ3v) is 5.47. The third-order valence-electron chi connectivity index (χ3n) is 5.47. The summed E-state index contributed by atoms with van der Waals surface area (Å²) in [4.78, 5) is 16.5. The number of aromatic amines is 1. The van der Waals surface area contributed by atoms with E-state index in [2.05, 4.69) is 11.9 Å². The summed E-state index contributed by atoms with van der Waals surface area (Å²) in [5.41, 5.74) is 5.02. The Balaban J connectivity index is 1.67. The molecule has 2 aromatic carbocycles. The number of rotatable bonds is 4. The molecule has 0 bridgehead atoms. The first kappa shape index (κ1) is 18.5. The number of hydrogen-bond donors (Lipinski definition) is 2. The average molecular weight is 375 g/mol. The molecule has 28 heavy (non-hydrogen) atoms. The Hall–Kier alpha value is -2.85. The second-order valence-corrected chi connectivity index (χ2v) is 7.71. The molecule has 1 unspecified atom stereocenters. The van der Waals surface area contributed by atoms with Crippen LogP contribution in [0, 0.1) is 12.8 Å². The number of nitrogens with one attached hydrogen (secondary N) is 1. The Morgan fingerprint density at radius 2 is 1.71 bits per heavy atom. The van der Waals surface area contributed by atoms with Crippen LogP contribution < -0.4 is 10.2 Å². The van der Waals surface area contributed by atoms with E-state index in [1.165, 1.54) is 5.56 Å². The highest BCUT2D eigenvalue weighted by Gasteiger charge is 2.22. The predicted molar refractivity (Wildman–Crippen MR) is 111 cm³/mol. The lowest BCUT2D eigenvalue weighted by Gasteiger charge is -2.23. The summed E-state index contributed by atoms with van der Waals surface area (Å²) in [5.74, 6) is 2.04. The fourth-order valence-electron chi connectivity index (χ4n) is 3.88. The number of benzene rings is 2. The molecule has 2 N–H and O–H groups in total. The molecule has 1 aromatic heterocycles. The molecule has 0 radical (unpaired) electrons. The van der Waals surface area contributed by atoms with Crippen LogP contribution in [0.2, 0.25) is 0 Å². The molecule has 3 aromatic rings. The number of H-pyrrole nitrogens is 1. The van der Waals surface area contributed by atoms with Crippen molar-refractivity contribution in [3.63, 3.8) is 0 Å². The number of pyridine rings is 1. The van der Waals surface area contributed by atoms with Gasteiger partial charge >= 0.3 is 0 Å². The molecule has 144 valence electrons. The van der Waals surface area contributed by atoms with Crippen LogP contribution in [0.1, 0.15) is 35.9 Å². The maximum absolute atomic E-state index is 13.1. The van der Waals surface area contributed by atoms with Crippen LogP contribution in [0.4, 0.5) is 0 Å². The van der Waals surface area contributed by atoms with Crippen LogP contribution in [0.3, 0.4) is 0 Å². The predicted octanol–water partition coefficient (Wildman–Crippen LogP) is 4.76. The van der Waals surface area contributed by atoms with E-state index < -0.39 is 0 Å². The van der Waals surface area contributed by atoms with Crippen molar-refractivity contribution in [2.45, 2.75) is 39.7 Å². The number of aliphatic hydroxyl groups excluding tert-OH is 1. The quantitative estimate of drug-likeness (QED) is 0.691. The molecule has 0 saturated carbocycles. The molecule has 1 aliphatic rings. The fraction of sp³-hybridized carbons (Fsp3) is 0.292. The monoisotopic (exact) mass is 375 g/mol. The van der Waals surface area contributed by atoms with Crippen LogP contribution >= 0.6 is 0 Å². The van der Waals surface area contributed by atoms with Gasteiger partial charge in [-0.25, -0.2) is 0 Å². The standard InChI is InChI=1S/C24H25NO3/c1-15-3-8-18(9-4-15)28-19-10-6-17(7-11-19)23-22(14-26)25-21-13-16(2)5-12-20(21)24(23)27/h3-4,6-11,16,26H,5,12-14H2,1-2H3,(H,25,27). The SMILES string of the molecule is Cc1ccc(Oc2ccc(-c3c(CO)[nH]c4c(c3=O)CCC(C)C4)cc2)cc1. The van der Waals surface area contributed by atoms with E-state index in [1.54, 1.807) is 0 Å². The number of fused-ring (bicyclic) bond motifs is 1. The molecule has 0 amide bonds. The summed E-state index contributed by atoms with van der Waals surface area (Å²) in [6.07, 6.45) is 2.68. The summed E-state index contributed by atoms with van der Waals surface area (Å²) < 4.78 is 5.88. The van der Waals surface area contributed by atoms with Crippen LogP contribution in [0.15, 0.2) is 53.3 Å². The lowest BCUT2D eigenvalue weighted by atomic mass is 9.86. The molecule has 0 spiro atoms. The number of hydrogen-bond acceptors (Lipinski definition) is 3. The van der Waals surface area contributed by atoms with Gasteiger partial charge in [0.05, 0.1) is 17.9 Å². The maximum atomic E-state index is 13.1. The number of aromatic nitrogens is 1. The molecule has 4 heteroatoms. The second-order valence-electron chi connectivity index (χ2n) is 7.71. The average Bonchev–Trinajstić information content (AvgIpc) is 2.70. The molecule has 0 aliphatic heterocycles. The van der Waals surface area contributed by atoms with E-state index >= 15 is 0 Å². The number of aryl methyl sites for hydroxylation is 1. The lowest BCUT2D eigenvalue weighted by Crippen LogP contribution is -2.25. The van der Waals surface area contributed by atoms with Crippen LogP contribution in [-0.4, -0.2) is 10.1 Å². The van der Waals surface area contributed by atoms with Gasteiger partial charge in [-0.1, -0.05) is 36.8 Å². The van der Waals surface area contributed by atoms with E-state index in [0.717, 1.165) is 41.8 Å². The topological polar surface area (TPSA) is 62.3 Å². The van der Waals surface area contributed by atoms with Gasteiger partial charge < -0.3 is 14.8 Å². The highest BCUT2D eigenvalue weighted by atomic mass is 16.5. The van der Waals surface area contributed by atoms with Gasteiger partial charge in [-0.05, 0) is 61.9 Å². The van der Waals surface area contributed by atoms with Crippen molar-refractivity contribution < 1.29 is 9.84 Å². The lowest BCUT2D eigenvalue weighted by molar-refractivity contribution is 0.276. The zero-order chi connectivity index (χ0) is 19.7. The van der Waals surface area contributed by atoms with Crippen molar-refractivity contribution in [1.29, 1.82) is 0 Å². The molecule has 1 atom stereocenters. The molecule has 1 aliphatic carbocycles. The van der Waals surface area contributed by atoms with Crippen LogP contribution in [-0.2, 0) is 19.4 Å². The minimum Gasteiger partial charge on any atom is -0.457 e. The van der Waals surface area contributed by atoms with Gasteiger partial charge in [-0.15, -0.1) is 0 Å². The zero-order valence-electron chi connectivity index (χ0n) is 16.3. The van der Waals surface area contributed by atoms with Gasteiger partial charge in [-0.2, -0.15) is 0 Å². The van der Waals surface area contributed by atoms with Crippen LogP contribution in [0.25, 0.3) is 11.1 Å². The molecule has 4 nitrogen and oxygen atoms in total. The highest BCUT2D eigenvalue weighted by Crippen LogP contribution is 2.29. The molecular weight excluding hydrogens is 350 g/mol. The first-order chi connectivity index (χ1) is 13.5. The second kappa shape index (κ2) is 7.64. The van der Waals surface area contributed by atoms with Gasteiger partial charge in [0.25, 0.3) is 0 Å². The Morgan fingerprint density at radius 1 is 1.07 bits per heavy atom. The van der Waals surface area contributed by atoms with E-state index in [0.29, 0.717) is 22.9 Å². The summed E-state index contributed by atoms with van der Waals surface area (Å²) in [7, 11) is 0. The van der Waals surface area contributed by atoms with Gasteiger partial charge in [0, 0.05) is 11.3 Å². The largest absolute Gasteiger partial charge is 0.457 e. The van der Waals surface area contributed by atoms with Crippen molar-refractivity contribution in [2.75, 3.05) is 0 Å². The van der Waals surface area contributed by atoms with Crippen molar-refractivity contribution >= 4 is 0 Å². The summed E-state index contributed by atoms with van der Waals surface area (Å²) in [6, 6.07) is 15.4. The van der Waals surface area contributed by atoms with Gasteiger partial charge in [-0.3, -0.25) is 4.79 Å².